The molecule has 0 aliphatic rings. The van der Waals surface area contributed by atoms with E-state index in [0.717, 1.165) is 11.1 Å². The molecule has 0 aliphatic carbocycles. The standard InChI is InChI=1S/C15H20O3/c1-9-8-11(15(3,4)5)6-7-12(9)13(16)10(2)14(17)18/h6-8,10H,1-5H3,(H,17,18). The highest BCUT2D eigenvalue weighted by Crippen LogP contribution is 2.25. The first-order valence-electron chi connectivity index (χ1n) is 6.02. The Hall–Kier alpha value is -1.64. The minimum Gasteiger partial charge on any atom is -0.481 e. The summed E-state index contributed by atoms with van der Waals surface area (Å²) in [6.07, 6.45) is 0. The normalized spacial score (nSPS) is 13.2. The Balaban J connectivity index is 3.14. The Morgan fingerprint density at radius 2 is 1.78 bits per heavy atom. The Morgan fingerprint density at radius 3 is 2.17 bits per heavy atom. The van der Waals surface area contributed by atoms with E-state index in [1.54, 1.807) is 6.07 Å². The van der Waals surface area contributed by atoms with Gasteiger partial charge in [0.05, 0.1) is 0 Å². The quantitative estimate of drug-likeness (QED) is 0.660. The second kappa shape index (κ2) is 4.92. The van der Waals surface area contributed by atoms with Gasteiger partial charge in [0.25, 0.3) is 0 Å². The lowest BCUT2D eigenvalue weighted by Crippen LogP contribution is -2.22. The number of carbonyl (C=O) groups excluding carboxylic acids is 1. The molecule has 3 heteroatoms. The SMILES string of the molecule is Cc1cc(C(C)(C)C)ccc1C(=O)C(C)C(=O)O. The molecule has 1 N–H and O–H groups in total. The number of carbonyl (C=O) groups is 2. The molecule has 0 saturated carbocycles. The molecule has 98 valence electrons. The largest absolute Gasteiger partial charge is 0.481 e. The third-order valence-electron chi connectivity index (χ3n) is 3.12. The molecular formula is C15H20O3. The van der Waals surface area contributed by atoms with Crippen LogP contribution < -0.4 is 0 Å². The van der Waals surface area contributed by atoms with Crippen molar-refractivity contribution in [2.75, 3.05) is 0 Å². The van der Waals surface area contributed by atoms with E-state index >= 15 is 0 Å². The number of benzene rings is 1. The van der Waals surface area contributed by atoms with Gasteiger partial charge in [0.1, 0.15) is 5.92 Å². The third-order valence-corrected chi connectivity index (χ3v) is 3.12. The van der Waals surface area contributed by atoms with E-state index in [-0.39, 0.29) is 11.2 Å². The Morgan fingerprint density at radius 1 is 1.22 bits per heavy atom. The van der Waals surface area contributed by atoms with Gasteiger partial charge in [-0.05, 0) is 30.4 Å². The van der Waals surface area contributed by atoms with Gasteiger partial charge < -0.3 is 5.11 Å². The van der Waals surface area contributed by atoms with Gasteiger partial charge in [-0.15, -0.1) is 0 Å². The summed E-state index contributed by atoms with van der Waals surface area (Å²) in [7, 11) is 0. The Labute approximate surface area is 108 Å². The zero-order valence-electron chi connectivity index (χ0n) is 11.6. The van der Waals surface area contributed by atoms with E-state index in [2.05, 4.69) is 20.8 Å². The number of carboxylic acids is 1. The highest BCUT2D eigenvalue weighted by Gasteiger charge is 2.24. The van der Waals surface area contributed by atoms with Crippen LogP contribution in [0.15, 0.2) is 18.2 Å². The number of aryl methyl sites for hydroxylation is 1. The molecule has 1 rings (SSSR count). The lowest BCUT2D eigenvalue weighted by molar-refractivity contribution is -0.139. The first-order valence-corrected chi connectivity index (χ1v) is 6.02. The van der Waals surface area contributed by atoms with Crippen LogP contribution in [0.25, 0.3) is 0 Å². The van der Waals surface area contributed by atoms with Crippen LogP contribution in [0.2, 0.25) is 0 Å². The fraction of sp³-hybridized carbons (Fsp3) is 0.467. The molecule has 1 atom stereocenters. The average molecular weight is 248 g/mol. The van der Waals surface area contributed by atoms with Crippen LogP contribution in [0.3, 0.4) is 0 Å². The monoisotopic (exact) mass is 248 g/mol. The first-order chi connectivity index (χ1) is 8.14. The van der Waals surface area contributed by atoms with E-state index in [1.807, 2.05) is 19.1 Å². The molecule has 0 bridgehead atoms. The predicted octanol–water partition coefficient (Wildman–Crippen LogP) is 3.20. The maximum Gasteiger partial charge on any atom is 0.314 e. The van der Waals surface area contributed by atoms with Crippen molar-refractivity contribution in [1.29, 1.82) is 0 Å². The molecule has 0 saturated heterocycles. The van der Waals surface area contributed by atoms with Crippen molar-refractivity contribution in [3.8, 4) is 0 Å². The maximum atomic E-state index is 12.0. The highest BCUT2D eigenvalue weighted by atomic mass is 16.4. The molecule has 0 spiro atoms. The summed E-state index contributed by atoms with van der Waals surface area (Å²) in [6.45, 7) is 9.56. The zero-order chi connectivity index (χ0) is 14.1. The number of carboxylic acid groups (broad SMARTS) is 1. The summed E-state index contributed by atoms with van der Waals surface area (Å²) in [5.74, 6) is -2.41. The lowest BCUT2D eigenvalue weighted by Gasteiger charge is -2.20. The van der Waals surface area contributed by atoms with Crippen LogP contribution in [0, 0.1) is 12.8 Å². The van der Waals surface area contributed by atoms with E-state index < -0.39 is 11.9 Å². The summed E-state index contributed by atoms with van der Waals surface area (Å²) >= 11 is 0. The van der Waals surface area contributed by atoms with Crippen LogP contribution in [0.1, 0.15) is 49.2 Å². The molecule has 1 aromatic rings. The molecule has 0 aromatic heterocycles. The smallest absolute Gasteiger partial charge is 0.314 e. The number of hydrogen-bond donors (Lipinski definition) is 1. The van der Waals surface area contributed by atoms with E-state index in [0.29, 0.717) is 5.56 Å². The van der Waals surface area contributed by atoms with Gasteiger partial charge in [0, 0.05) is 5.56 Å². The Kier molecular flexibility index (Phi) is 3.95. The number of rotatable bonds is 3. The third kappa shape index (κ3) is 2.97. The van der Waals surface area contributed by atoms with Crippen LogP contribution in [0.4, 0.5) is 0 Å². The summed E-state index contributed by atoms with van der Waals surface area (Å²) in [6, 6.07) is 5.59. The van der Waals surface area contributed by atoms with Crippen molar-refractivity contribution in [1.82, 2.24) is 0 Å². The molecule has 18 heavy (non-hydrogen) atoms. The number of ketones is 1. The number of hydrogen-bond acceptors (Lipinski definition) is 2. The number of aliphatic carboxylic acids is 1. The van der Waals surface area contributed by atoms with Crippen LogP contribution in [0.5, 0.6) is 0 Å². The fourth-order valence-electron chi connectivity index (χ4n) is 1.75. The molecule has 1 aromatic carbocycles. The first kappa shape index (κ1) is 14.4. The van der Waals surface area contributed by atoms with Gasteiger partial charge in [0.15, 0.2) is 5.78 Å². The second-order valence-electron chi connectivity index (χ2n) is 5.70. The minimum absolute atomic E-state index is 0.0186. The number of Topliss-reactive ketones (excluding diaryl/α,β-unsaturated/α-hetero) is 1. The minimum atomic E-state index is -1.08. The highest BCUT2D eigenvalue weighted by molar-refractivity contribution is 6.08. The maximum absolute atomic E-state index is 12.0. The molecule has 0 aliphatic heterocycles. The lowest BCUT2D eigenvalue weighted by atomic mass is 9.84. The van der Waals surface area contributed by atoms with Gasteiger partial charge in [-0.1, -0.05) is 39.0 Å². The Bertz CT molecular complexity index is 481. The van der Waals surface area contributed by atoms with Gasteiger partial charge >= 0.3 is 5.97 Å². The predicted molar refractivity (Wildman–Crippen MR) is 71.0 cm³/mol. The van der Waals surface area contributed by atoms with E-state index in [1.165, 1.54) is 6.92 Å². The molecular weight excluding hydrogens is 228 g/mol. The molecule has 0 fully saturated rings. The van der Waals surface area contributed by atoms with Crippen molar-refractivity contribution in [2.45, 2.75) is 40.0 Å². The van der Waals surface area contributed by atoms with Gasteiger partial charge in [-0.25, -0.2) is 0 Å². The molecule has 0 radical (unpaired) electrons. The summed E-state index contributed by atoms with van der Waals surface area (Å²) < 4.78 is 0. The topological polar surface area (TPSA) is 54.4 Å². The van der Waals surface area contributed by atoms with Crippen LogP contribution in [-0.4, -0.2) is 16.9 Å². The van der Waals surface area contributed by atoms with Crippen LogP contribution in [-0.2, 0) is 10.2 Å². The summed E-state index contributed by atoms with van der Waals surface area (Å²) in [5.41, 5.74) is 2.49. The molecule has 0 amide bonds. The van der Waals surface area contributed by atoms with Crippen molar-refractivity contribution < 1.29 is 14.7 Å². The second-order valence-corrected chi connectivity index (χ2v) is 5.70. The molecule has 1 unspecified atom stereocenters. The summed E-state index contributed by atoms with van der Waals surface area (Å²) in [5, 5.41) is 8.87. The van der Waals surface area contributed by atoms with Gasteiger partial charge in [-0.3, -0.25) is 9.59 Å². The van der Waals surface area contributed by atoms with Crippen molar-refractivity contribution in [3.05, 3.63) is 34.9 Å². The van der Waals surface area contributed by atoms with E-state index in [9.17, 15) is 9.59 Å². The van der Waals surface area contributed by atoms with Crippen molar-refractivity contribution >= 4 is 11.8 Å². The van der Waals surface area contributed by atoms with Gasteiger partial charge in [-0.2, -0.15) is 0 Å². The van der Waals surface area contributed by atoms with Gasteiger partial charge in [0.2, 0.25) is 0 Å². The zero-order valence-corrected chi connectivity index (χ0v) is 11.6. The van der Waals surface area contributed by atoms with Crippen molar-refractivity contribution in [2.24, 2.45) is 5.92 Å². The van der Waals surface area contributed by atoms with Crippen molar-refractivity contribution in [3.63, 3.8) is 0 Å². The molecule has 0 heterocycles. The van der Waals surface area contributed by atoms with Crippen LogP contribution >= 0.6 is 0 Å². The van der Waals surface area contributed by atoms with E-state index in [4.69, 9.17) is 5.11 Å². The average Bonchev–Trinajstić information content (AvgIpc) is 2.25. The fourth-order valence-corrected chi connectivity index (χ4v) is 1.75. The molecule has 3 nitrogen and oxygen atoms in total. The summed E-state index contributed by atoms with van der Waals surface area (Å²) in [4.78, 5) is 22.8.